The zero-order chi connectivity index (χ0) is 13.8. The molecular weight excluding hydrogens is 240 g/mol. The Hall–Kier alpha value is -0.570. The van der Waals surface area contributed by atoms with Crippen molar-refractivity contribution in [1.82, 2.24) is 0 Å². The summed E-state index contributed by atoms with van der Waals surface area (Å²) in [6, 6.07) is 0. The molecule has 4 saturated carbocycles. The summed E-state index contributed by atoms with van der Waals surface area (Å²) in [5, 5.41) is 19.4. The largest absolute Gasteiger partial charge is 0.481 e. The molecule has 0 aliphatic heterocycles. The van der Waals surface area contributed by atoms with Crippen molar-refractivity contribution in [3.8, 4) is 0 Å². The lowest BCUT2D eigenvalue weighted by atomic mass is 9.43. The van der Waals surface area contributed by atoms with Crippen molar-refractivity contribution in [2.75, 3.05) is 6.61 Å². The molecule has 0 amide bonds. The van der Waals surface area contributed by atoms with Crippen LogP contribution in [0.25, 0.3) is 0 Å². The SMILES string of the molecule is CC(C)(CO)CC1C2CC3CC(C2)CC1(C(=O)O)C3. The van der Waals surface area contributed by atoms with Crippen LogP contribution in [0.3, 0.4) is 0 Å². The summed E-state index contributed by atoms with van der Waals surface area (Å²) in [6.07, 6.45) is 6.37. The van der Waals surface area contributed by atoms with Crippen LogP contribution in [-0.4, -0.2) is 22.8 Å². The van der Waals surface area contributed by atoms with Crippen molar-refractivity contribution in [3.63, 3.8) is 0 Å². The standard InChI is InChI=1S/C16H26O3/c1-15(2,9-17)8-13-12-4-10-3-11(5-12)7-16(13,6-10)14(18)19/h10-13,17H,3-9H2,1-2H3,(H,18,19). The molecule has 3 atom stereocenters. The van der Waals surface area contributed by atoms with E-state index in [1.807, 2.05) is 0 Å². The van der Waals surface area contributed by atoms with Gasteiger partial charge in [0.05, 0.1) is 5.41 Å². The number of carboxylic acid groups (broad SMARTS) is 1. The van der Waals surface area contributed by atoms with Crippen LogP contribution in [0.1, 0.15) is 52.4 Å². The minimum Gasteiger partial charge on any atom is -0.481 e. The molecule has 0 radical (unpaired) electrons. The third kappa shape index (κ3) is 2.01. The van der Waals surface area contributed by atoms with Gasteiger partial charge in [-0.2, -0.15) is 0 Å². The molecule has 4 aliphatic carbocycles. The Bertz CT molecular complexity index is 373. The van der Waals surface area contributed by atoms with Crippen LogP contribution in [-0.2, 0) is 4.79 Å². The number of carboxylic acids is 1. The van der Waals surface area contributed by atoms with Crippen LogP contribution in [0, 0.1) is 34.5 Å². The van der Waals surface area contributed by atoms with E-state index in [0.29, 0.717) is 17.8 Å². The highest BCUT2D eigenvalue weighted by Crippen LogP contribution is 2.64. The van der Waals surface area contributed by atoms with E-state index >= 15 is 0 Å². The molecular formula is C16H26O3. The molecule has 0 aromatic heterocycles. The smallest absolute Gasteiger partial charge is 0.309 e. The lowest BCUT2D eigenvalue weighted by Gasteiger charge is -2.60. The predicted octanol–water partition coefficient (Wildman–Crippen LogP) is 2.92. The summed E-state index contributed by atoms with van der Waals surface area (Å²) in [7, 11) is 0. The number of carbonyl (C=O) groups is 1. The number of aliphatic carboxylic acids is 1. The Labute approximate surface area is 115 Å². The third-order valence-electron chi connectivity index (χ3n) is 6.15. The summed E-state index contributed by atoms with van der Waals surface area (Å²) in [4.78, 5) is 12.0. The minimum absolute atomic E-state index is 0.150. The molecule has 2 N–H and O–H groups in total. The Morgan fingerprint density at radius 3 is 2.26 bits per heavy atom. The van der Waals surface area contributed by atoms with E-state index in [0.717, 1.165) is 19.3 Å². The summed E-state index contributed by atoms with van der Waals surface area (Å²) in [6.45, 7) is 4.28. The Morgan fingerprint density at radius 1 is 1.21 bits per heavy atom. The molecule has 3 unspecified atom stereocenters. The van der Waals surface area contributed by atoms with Crippen molar-refractivity contribution in [2.24, 2.45) is 34.5 Å². The van der Waals surface area contributed by atoms with Crippen molar-refractivity contribution < 1.29 is 15.0 Å². The maximum absolute atomic E-state index is 12.0. The molecule has 0 aromatic rings. The highest BCUT2D eigenvalue weighted by molar-refractivity contribution is 5.76. The van der Waals surface area contributed by atoms with Gasteiger partial charge in [-0.05, 0) is 67.6 Å². The maximum Gasteiger partial charge on any atom is 0.309 e. The van der Waals surface area contributed by atoms with E-state index in [9.17, 15) is 15.0 Å². The van der Waals surface area contributed by atoms with Crippen molar-refractivity contribution >= 4 is 5.97 Å². The molecule has 3 nitrogen and oxygen atoms in total. The molecule has 4 fully saturated rings. The van der Waals surface area contributed by atoms with Gasteiger partial charge in [0.25, 0.3) is 0 Å². The van der Waals surface area contributed by atoms with Crippen molar-refractivity contribution in [2.45, 2.75) is 52.4 Å². The van der Waals surface area contributed by atoms with Crippen LogP contribution in [0.2, 0.25) is 0 Å². The lowest BCUT2D eigenvalue weighted by molar-refractivity contribution is -0.181. The number of aliphatic hydroxyl groups is 1. The van der Waals surface area contributed by atoms with Gasteiger partial charge in [-0.3, -0.25) is 4.79 Å². The number of hydrogen-bond donors (Lipinski definition) is 2. The maximum atomic E-state index is 12.0. The van der Waals surface area contributed by atoms with Crippen LogP contribution in [0.15, 0.2) is 0 Å². The summed E-state index contributed by atoms with van der Waals surface area (Å²) >= 11 is 0. The zero-order valence-electron chi connectivity index (χ0n) is 12.1. The van der Waals surface area contributed by atoms with Gasteiger partial charge in [0.1, 0.15) is 0 Å². The highest BCUT2D eigenvalue weighted by Gasteiger charge is 2.61. The van der Waals surface area contributed by atoms with Crippen molar-refractivity contribution in [3.05, 3.63) is 0 Å². The minimum atomic E-state index is -0.565. The van der Waals surface area contributed by atoms with Crippen molar-refractivity contribution in [1.29, 1.82) is 0 Å². The van der Waals surface area contributed by atoms with Gasteiger partial charge in [0, 0.05) is 6.61 Å². The highest BCUT2D eigenvalue weighted by atomic mass is 16.4. The number of rotatable bonds is 4. The molecule has 4 aliphatic rings. The summed E-state index contributed by atoms with van der Waals surface area (Å²) < 4.78 is 0. The summed E-state index contributed by atoms with van der Waals surface area (Å²) in [5.41, 5.74) is -0.621. The van der Waals surface area contributed by atoms with Gasteiger partial charge in [-0.25, -0.2) is 0 Å². The van der Waals surface area contributed by atoms with Crippen LogP contribution < -0.4 is 0 Å². The molecule has 19 heavy (non-hydrogen) atoms. The van der Waals surface area contributed by atoms with Gasteiger partial charge in [0.15, 0.2) is 0 Å². The van der Waals surface area contributed by atoms with E-state index in [1.165, 1.54) is 19.3 Å². The predicted molar refractivity (Wildman–Crippen MR) is 72.6 cm³/mol. The molecule has 4 rings (SSSR count). The molecule has 108 valence electrons. The first kappa shape index (κ1) is 13.4. The molecule has 3 heteroatoms. The number of hydrogen-bond acceptors (Lipinski definition) is 2. The van der Waals surface area contributed by atoms with E-state index in [4.69, 9.17) is 0 Å². The second kappa shape index (κ2) is 4.21. The molecule has 4 bridgehead atoms. The monoisotopic (exact) mass is 266 g/mol. The first-order valence-corrected chi connectivity index (χ1v) is 7.70. The average Bonchev–Trinajstić information content (AvgIpc) is 2.33. The van der Waals surface area contributed by atoms with E-state index in [1.54, 1.807) is 0 Å². The van der Waals surface area contributed by atoms with Gasteiger partial charge in [-0.15, -0.1) is 0 Å². The first-order chi connectivity index (χ1) is 8.86. The fourth-order valence-corrected chi connectivity index (χ4v) is 5.50. The average molecular weight is 266 g/mol. The molecule has 0 heterocycles. The Balaban J connectivity index is 1.91. The zero-order valence-corrected chi connectivity index (χ0v) is 12.1. The fraction of sp³-hybridized carbons (Fsp3) is 0.938. The molecule has 0 saturated heterocycles. The molecule has 0 aromatic carbocycles. The van der Waals surface area contributed by atoms with E-state index in [2.05, 4.69) is 13.8 Å². The van der Waals surface area contributed by atoms with Gasteiger partial charge in [0.2, 0.25) is 0 Å². The quantitative estimate of drug-likeness (QED) is 0.822. The topological polar surface area (TPSA) is 57.5 Å². The number of aliphatic hydroxyl groups excluding tert-OH is 1. The van der Waals surface area contributed by atoms with E-state index < -0.39 is 11.4 Å². The lowest BCUT2D eigenvalue weighted by Crippen LogP contribution is -2.57. The van der Waals surface area contributed by atoms with Gasteiger partial charge >= 0.3 is 5.97 Å². The first-order valence-electron chi connectivity index (χ1n) is 7.70. The fourth-order valence-electron chi connectivity index (χ4n) is 5.50. The van der Waals surface area contributed by atoms with Gasteiger partial charge < -0.3 is 10.2 Å². The van der Waals surface area contributed by atoms with Crippen LogP contribution >= 0.6 is 0 Å². The second-order valence-electron chi connectivity index (χ2n) is 8.20. The molecule has 0 spiro atoms. The van der Waals surface area contributed by atoms with Gasteiger partial charge in [-0.1, -0.05) is 13.8 Å². The van der Waals surface area contributed by atoms with E-state index in [-0.39, 0.29) is 17.9 Å². The normalized spacial score (nSPS) is 44.6. The Kier molecular flexibility index (Phi) is 2.97. The van der Waals surface area contributed by atoms with Crippen LogP contribution in [0.5, 0.6) is 0 Å². The Morgan fingerprint density at radius 2 is 1.79 bits per heavy atom. The summed E-state index contributed by atoms with van der Waals surface area (Å²) in [5.74, 6) is 1.61. The van der Waals surface area contributed by atoms with Crippen LogP contribution in [0.4, 0.5) is 0 Å². The third-order valence-corrected chi connectivity index (χ3v) is 6.15. The second-order valence-corrected chi connectivity index (χ2v) is 8.20.